The summed E-state index contributed by atoms with van der Waals surface area (Å²) in [6, 6.07) is 7.96. The number of nitrogens with zero attached hydrogens (tertiary/aromatic N) is 3. The van der Waals surface area contributed by atoms with E-state index in [1.54, 1.807) is 32.9 Å². The zero-order valence-corrected chi connectivity index (χ0v) is 19.1. The third-order valence-corrected chi connectivity index (χ3v) is 4.94. The van der Waals surface area contributed by atoms with E-state index in [9.17, 15) is 14.4 Å². The summed E-state index contributed by atoms with van der Waals surface area (Å²) in [5.74, 6) is 0.409. The van der Waals surface area contributed by atoms with Crippen LogP contribution in [0.15, 0.2) is 30.5 Å². The standard InChI is InChI=1S/C24H24FN5O4/c1-24(2,3)34-23(31)28-22-20-10-14(12-27-22)21-17(29-30-18(21)11-26)5-4-8-32-19-7-6-16(25)9-15(19)13-33-20/h6-7,9-10,12H,4-5,8,13H2,1-3H3,(H,29,30)(H,27,28,31). The second kappa shape index (κ2) is 9.39. The number of nitriles is 1. The minimum absolute atomic E-state index is 0.0371. The molecule has 176 valence electrons. The monoisotopic (exact) mass is 465 g/mol. The number of nitrogens with one attached hydrogen (secondary N) is 2. The molecule has 2 aromatic heterocycles. The Morgan fingerprint density at radius 2 is 2.09 bits per heavy atom. The largest absolute Gasteiger partial charge is 0.493 e. The molecule has 2 N–H and O–H groups in total. The van der Waals surface area contributed by atoms with E-state index in [2.05, 4.69) is 26.6 Å². The van der Waals surface area contributed by atoms with Gasteiger partial charge in [0.05, 0.1) is 6.61 Å². The number of hydrogen-bond donors (Lipinski definition) is 2. The highest BCUT2D eigenvalue weighted by atomic mass is 19.1. The number of carbonyl (C=O) groups is 1. The molecule has 0 saturated heterocycles. The van der Waals surface area contributed by atoms with E-state index >= 15 is 0 Å². The quantitative estimate of drug-likeness (QED) is 0.532. The van der Waals surface area contributed by atoms with Crippen molar-refractivity contribution in [2.45, 2.75) is 45.8 Å². The van der Waals surface area contributed by atoms with Crippen molar-refractivity contribution >= 4 is 11.9 Å². The van der Waals surface area contributed by atoms with Crippen molar-refractivity contribution < 1.29 is 23.4 Å². The van der Waals surface area contributed by atoms with Crippen molar-refractivity contribution in [2.75, 3.05) is 11.9 Å². The number of anilines is 1. The molecule has 1 aliphatic heterocycles. The maximum absolute atomic E-state index is 13.9. The molecule has 0 spiro atoms. The van der Waals surface area contributed by atoms with Gasteiger partial charge in [-0.2, -0.15) is 10.4 Å². The molecular weight excluding hydrogens is 441 g/mol. The number of hydrogen-bond acceptors (Lipinski definition) is 7. The zero-order valence-electron chi connectivity index (χ0n) is 19.1. The fraction of sp³-hybridized carbons (Fsp3) is 0.333. The molecule has 2 bridgehead atoms. The lowest BCUT2D eigenvalue weighted by atomic mass is 10.0. The van der Waals surface area contributed by atoms with Gasteiger partial charge in [0.1, 0.15) is 29.8 Å². The second-order valence-electron chi connectivity index (χ2n) is 8.73. The zero-order chi connectivity index (χ0) is 24.3. The normalized spacial score (nSPS) is 13.4. The second-order valence-corrected chi connectivity index (χ2v) is 8.73. The van der Waals surface area contributed by atoms with Gasteiger partial charge in [0.2, 0.25) is 0 Å². The lowest BCUT2D eigenvalue weighted by Gasteiger charge is -2.20. The molecule has 0 fully saturated rings. The maximum Gasteiger partial charge on any atom is 0.413 e. The summed E-state index contributed by atoms with van der Waals surface area (Å²) in [6.45, 7) is 5.58. The Balaban J connectivity index is 1.77. The van der Waals surface area contributed by atoms with Crippen LogP contribution in [0.2, 0.25) is 0 Å². The van der Waals surface area contributed by atoms with Gasteiger partial charge in [-0.05, 0) is 57.9 Å². The van der Waals surface area contributed by atoms with Gasteiger partial charge in [-0.1, -0.05) is 0 Å². The van der Waals surface area contributed by atoms with Crippen LogP contribution < -0.4 is 14.8 Å². The summed E-state index contributed by atoms with van der Waals surface area (Å²) < 4.78 is 31.1. The number of fused-ring (bicyclic) bond motifs is 5. The van der Waals surface area contributed by atoms with Crippen molar-refractivity contribution in [3.63, 3.8) is 0 Å². The molecule has 0 saturated carbocycles. The van der Waals surface area contributed by atoms with Crippen LogP contribution in [0.25, 0.3) is 11.1 Å². The van der Waals surface area contributed by atoms with Crippen LogP contribution in [-0.2, 0) is 17.8 Å². The summed E-state index contributed by atoms with van der Waals surface area (Å²) in [4.78, 5) is 16.7. The van der Waals surface area contributed by atoms with Gasteiger partial charge in [-0.3, -0.25) is 10.4 Å². The number of aromatic nitrogens is 3. The molecule has 9 nitrogen and oxygen atoms in total. The van der Waals surface area contributed by atoms with Gasteiger partial charge in [-0.15, -0.1) is 0 Å². The van der Waals surface area contributed by atoms with Gasteiger partial charge in [0.25, 0.3) is 0 Å². The molecule has 0 unspecified atom stereocenters. The fourth-order valence-corrected chi connectivity index (χ4v) is 3.52. The lowest BCUT2D eigenvalue weighted by Crippen LogP contribution is -2.27. The highest BCUT2D eigenvalue weighted by molar-refractivity contribution is 5.86. The summed E-state index contributed by atoms with van der Waals surface area (Å²) in [5, 5.41) is 19.2. The molecular formula is C24H24FN5O4. The number of halogens is 1. The number of aryl methyl sites for hydroxylation is 1. The number of pyridine rings is 1. The van der Waals surface area contributed by atoms with Crippen LogP contribution in [0.1, 0.15) is 44.1 Å². The average Bonchev–Trinajstić information content (AvgIpc) is 3.18. The van der Waals surface area contributed by atoms with Crippen molar-refractivity contribution in [3.8, 4) is 28.7 Å². The highest BCUT2D eigenvalue weighted by Crippen LogP contribution is 2.34. The molecule has 3 aromatic rings. The van der Waals surface area contributed by atoms with Crippen LogP contribution in [0.5, 0.6) is 11.5 Å². The van der Waals surface area contributed by atoms with Crippen LogP contribution in [0.4, 0.5) is 15.0 Å². The van der Waals surface area contributed by atoms with E-state index in [-0.39, 0.29) is 23.9 Å². The van der Waals surface area contributed by atoms with Gasteiger partial charge < -0.3 is 14.2 Å². The number of ether oxygens (including phenoxy) is 3. The molecule has 34 heavy (non-hydrogen) atoms. The van der Waals surface area contributed by atoms with Gasteiger partial charge in [-0.25, -0.2) is 14.2 Å². The third kappa shape index (κ3) is 5.26. The third-order valence-electron chi connectivity index (χ3n) is 4.94. The van der Waals surface area contributed by atoms with Gasteiger partial charge in [0, 0.05) is 28.6 Å². The summed E-state index contributed by atoms with van der Waals surface area (Å²) in [5.41, 5.74) is 1.96. The molecule has 4 rings (SSSR count). The predicted molar refractivity (Wildman–Crippen MR) is 121 cm³/mol. The van der Waals surface area contributed by atoms with Crippen molar-refractivity contribution in [1.29, 1.82) is 5.26 Å². The smallest absolute Gasteiger partial charge is 0.413 e. The average molecular weight is 465 g/mol. The minimum Gasteiger partial charge on any atom is -0.493 e. The van der Waals surface area contributed by atoms with E-state index in [0.29, 0.717) is 41.9 Å². The molecule has 0 aliphatic carbocycles. The Bertz CT molecular complexity index is 1260. The molecule has 3 heterocycles. The Labute approximate surface area is 195 Å². The number of carbonyl (C=O) groups excluding carboxylic acids is 1. The number of aromatic amines is 1. The van der Waals surface area contributed by atoms with E-state index in [1.807, 2.05) is 0 Å². The summed E-state index contributed by atoms with van der Waals surface area (Å²) in [7, 11) is 0. The first kappa shape index (κ1) is 23.0. The summed E-state index contributed by atoms with van der Waals surface area (Å²) in [6.07, 6.45) is 2.02. The van der Waals surface area contributed by atoms with E-state index in [0.717, 1.165) is 5.69 Å². The topological polar surface area (TPSA) is 122 Å². The fourth-order valence-electron chi connectivity index (χ4n) is 3.52. The van der Waals surface area contributed by atoms with E-state index in [4.69, 9.17) is 14.2 Å². The lowest BCUT2D eigenvalue weighted by molar-refractivity contribution is 0.0634. The summed E-state index contributed by atoms with van der Waals surface area (Å²) >= 11 is 0. The number of amides is 1. The van der Waals surface area contributed by atoms with Crippen LogP contribution >= 0.6 is 0 Å². The molecule has 1 aromatic carbocycles. The van der Waals surface area contributed by atoms with Gasteiger partial charge in [0.15, 0.2) is 17.3 Å². The Hall–Kier alpha value is -4.13. The Kier molecular flexibility index (Phi) is 6.36. The molecule has 1 aliphatic rings. The Morgan fingerprint density at radius 1 is 1.26 bits per heavy atom. The van der Waals surface area contributed by atoms with Crippen LogP contribution in [-0.4, -0.2) is 33.5 Å². The minimum atomic E-state index is -0.707. The number of H-pyrrole nitrogens is 1. The first-order chi connectivity index (χ1) is 16.2. The van der Waals surface area contributed by atoms with Crippen LogP contribution in [0, 0.1) is 17.1 Å². The van der Waals surface area contributed by atoms with Crippen LogP contribution in [0.3, 0.4) is 0 Å². The van der Waals surface area contributed by atoms with Crippen molar-refractivity contribution in [3.05, 3.63) is 53.2 Å². The highest BCUT2D eigenvalue weighted by Gasteiger charge is 2.22. The molecule has 1 amide bonds. The Morgan fingerprint density at radius 3 is 2.85 bits per heavy atom. The van der Waals surface area contributed by atoms with Crippen molar-refractivity contribution in [2.24, 2.45) is 0 Å². The molecule has 0 atom stereocenters. The first-order valence-corrected chi connectivity index (χ1v) is 10.8. The van der Waals surface area contributed by atoms with Gasteiger partial charge >= 0.3 is 6.09 Å². The number of rotatable bonds is 1. The predicted octanol–water partition coefficient (Wildman–Crippen LogP) is 4.73. The number of benzene rings is 1. The SMILES string of the molecule is CC(C)(C)OC(=O)Nc1ncc2cc1OCc1cc(F)ccc1OCCCc1[nH]nc(C#N)c1-2. The maximum atomic E-state index is 13.9. The van der Waals surface area contributed by atoms with Crippen molar-refractivity contribution in [1.82, 2.24) is 15.2 Å². The van der Waals surface area contributed by atoms with E-state index < -0.39 is 17.5 Å². The molecule has 0 radical (unpaired) electrons. The molecule has 10 heteroatoms. The first-order valence-electron chi connectivity index (χ1n) is 10.8. The van der Waals surface area contributed by atoms with E-state index in [1.165, 1.54) is 18.3 Å².